The van der Waals surface area contributed by atoms with E-state index in [9.17, 15) is 24.0 Å². The molecule has 1 aromatic carbocycles. The van der Waals surface area contributed by atoms with Gasteiger partial charge in [-0.25, -0.2) is 4.79 Å². The van der Waals surface area contributed by atoms with Crippen LogP contribution in [0.25, 0.3) is 0 Å². The standard InChI is InChI=1S/C22H26N4O6/c1-21(2,3)32-20(31)25-22(9-10-22)19(30)23-14-6-4-5-12-13(14)11-26(18(12)29)15-7-8-16(27)24-17(15)28/h4-6,15H,7-11H2,1-3H3,(H,23,30)(H,25,31)(H,24,27,28). The minimum absolute atomic E-state index is 0.142. The predicted molar refractivity (Wildman–Crippen MR) is 112 cm³/mol. The van der Waals surface area contributed by atoms with Gasteiger partial charge in [-0.3, -0.25) is 24.5 Å². The number of nitrogens with zero attached hydrogens (tertiary/aromatic N) is 1. The molecule has 1 atom stereocenters. The Morgan fingerprint density at radius 2 is 1.91 bits per heavy atom. The van der Waals surface area contributed by atoms with E-state index in [0.29, 0.717) is 29.7 Å². The Kier molecular flexibility index (Phi) is 5.18. The summed E-state index contributed by atoms with van der Waals surface area (Å²) in [5.74, 6) is -1.55. The summed E-state index contributed by atoms with van der Waals surface area (Å²) in [6, 6.07) is 4.24. The number of imide groups is 1. The molecule has 3 N–H and O–H groups in total. The number of hydrogen-bond acceptors (Lipinski definition) is 6. The molecule has 1 unspecified atom stereocenters. The summed E-state index contributed by atoms with van der Waals surface area (Å²) in [5.41, 5.74) is -0.276. The number of amides is 5. The molecule has 1 saturated heterocycles. The van der Waals surface area contributed by atoms with E-state index >= 15 is 0 Å². The smallest absolute Gasteiger partial charge is 0.408 e. The average Bonchev–Trinajstić information content (AvgIpc) is 3.38. The van der Waals surface area contributed by atoms with E-state index in [1.165, 1.54) is 4.90 Å². The van der Waals surface area contributed by atoms with Crippen LogP contribution in [0.5, 0.6) is 0 Å². The number of ether oxygens (including phenoxy) is 1. The molecule has 32 heavy (non-hydrogen) atoms. The molecule has 2 fully saturated rings. The van der Waals surface area contributed by atoms with Crippen molar-refractivity contribution >= 4 is 35.4 Å². The molecule has 0 aromatic heterocycles. The van der Waals surface area contributed by atoms with Crippen LogP contribution in [-0.4, -0.2) is 51.8 Å². The highest BCUT2D eigenvalue weighted by atomic mass is 16.6. The third-order valence-electron chi connectivity index (χ3n) is 5.76. The van der Waals surface area contributed by atoms with Crippen molar-refractivity contribution in [2.45, 2.75) is 70.2 Å². The van der Waals surface area contributed by atoms with Crippen molar-refractivity contribution in [3.05, 3.63) is 29.3 Å². The molecular formula is C22H26N4O6. The van der Waals surface area contributed by atoms with Gasteiger partial charge in [0.2, 0.25) is 17.7 Å². The maximum Gasteiger partial charge on any atom is 0.408 e. The van der Waals surface area contributed by atoms with Gasteiger partial charge in [0.25, 0.3) is 5.91 Å². The van der Waals surface area contributed by atoms with Gasteiger partial charge in [-0.1, -0.05) is 6.07 Å². The third kappa shape index (κ3) is 4.17. The van der Waals surface area contributed by atoms with Gasteiger partial charge in [0, 0.05) is 29.8 Å². The summed E-state index contributed by atoms with van der Waals surface area (Å²) < 4.78 is 5.26. The first kappa shape index (κ1) is 21.8. The fourth-order valence-corrected chi connectivity index (χ4v) is 3.98. The highest BCUT2D eigenvalue weighted by Crippen LogP contribution is 2.38. The Morgan fingerprint density at radius 1 is 1.19 bits per heavy atom. The van der Waals surface area contributed by atoms with Gasteiger partial charge >= 0.3 is 6.09 Å². The van der Waals surface area contributed by atoms with Crippen molar-refractivity contribution in [3.63, 3.8) is 0 Å². The van der Waals surface area contributed by atoms with E-state index in [0.717, 1.165) is 0 Å². The van der Waals surface area contributed by atoms with E-state index in [2.05, 4.69) is 16.0 Å². The molecular weight excluding hydrogens is 416 g/mol. The molecule has 0 radical (unpaired) electrons. The Morgan fingerprint density at radius 3 is 2.53 bits per heavy atom. The number of carbonyl (C=O) groups excluding carboxylic acids is 5. The van der Waals surface area contributed by atoms with Crippen molar-refractivity contribution in [2.24, 2.45) is 0 Å². The second-order valence-electron chi connectivity index (χ2n) is 9.39. The number of fused-ring (bicyclic) bond motifs is 1. The number of rotatable bonds is 4. The van der Waals surface area contributed by atoms with Crippen molar-refractivity contribution in [3.8, 4) is 0 Å². The van der Waals surface area contributed by atoms with Crippen LogP contribution >= 0.6 is 0 Å². The summed E-state index contributed by atoms with van der Waals surface area (Å²) >= 11 is 0. The van der Waals surface area contributed by atoms with Gasteiger partial charge < -0.3 is 20.3 Å². The molecule has 2 aliphatic heterocycles. The first-order valence-electron chi connectivity index (χ1n) is 10.6. The summed E-state index contributed by atoms with van der Waals surface area (Å²) in [6.45, 7) is 5.36. The molecule has 0 spiro atoms. The molecule has 170 valence electrons. The SMILES string of the molecule is CC(C)(C)OC(=O)NC1(C(=O)Nc2cccc3c2CN(C2CCC(=O)NC2=O)C3=O)CC1. The van der Waals surface area contributed by atoms with E-state index in [1.807, 2.05) is 0 Å². The summed E-state index contributed by atoms with van der Waals surface area (Å²) in [7, 11) is 0. The lowest BCUT2D eigenvalue weighted by atomic mass is 10.0. The minimum Gasteiger partial charge on any atom is -0.444 e. The molecule has 1 aliphatic carbocycles. The van der Waals surface area contributed by atoms with Crippen molar-refractivity contribution in [2.75, 3.05) is 5.32 Å². The van der Waals surface area contributed by atoms with E-state index < -0.39 is 29.2 Å². The Labute approximate surface area is 185 Å². The van der Waals surface area contributed by atoms with Crippen molar-refractivity contribution in [1.82, 2.24) is 15.5 Å². The lowest BCUT2D eigenvalue weighted by Gasteiger charge is -2.29. The zero-order chi connectivity index (χ0) is 23.3. The molecule has 10 nitrogen and oxygen atoms in total. The molecule has 0 bridgehead atoms. The first-order valence-corrected chi connectivity index (χ1v) is 10.6. The number of anilines is 1. The first-order chi connectivity index (χ1) is 15.0. The Hall–Kier alpha value is -3.43. The van der Waals surface area contributed by atoms with Gasteiger partial charge in [-0.2, -0.15) is 0 Å². The molecule has 1 saturated carbocycles. The summed E-state index contributed by atoms with van der Waals surface area (Å²) in [5, 5.41) is 7.76. The fourth-order valence-electron chi connectivity index (χ4n) is 3.98. The lowest BCUT2D eigenvalue weighted by Crippen LogP contribution is -2.52. The quantitative estimate of drug-likeness (QED) is 0.604. The zero-order valence-electron chi connectivity index (χ0n) is 18.2. The van der Waals surface area contributed by atoms with Gasteiger partial charge in [0.05, 0.1) is 0 Å². The van der Waals surface area contributed by atoms with Gasteiger partial charge in [0.1, 0.15) is 17.2 Å². The Bertz CT molecular complexity index is 1020. The molecule has 3 aliphatic rings. The molecule has 2 heterocycles. The molecule has 10 heteroatoms. The fraction of sp³-hybridized carbons (Fsp3) is 0.500. The largest absolute Gasteiger partial charge is 0.444 e. The topological polar surface area (TPSA) is 134 Å². The van der Waals surface area contributed by atoms with Crippen LogP contribution in [0.15, 0.2) is 18.2 Å². The van der Waals surface area contributed by atoms with Crippen LogP contribution in [0.1, 0.15) is 62.4 Å². The maximum absolute atomic E-state index is 13.0. The third-order valence-corrected chi connectivity index (χ3v) is 5.76. The number of hydrogen-bond donors (Lipinski definition) is 3. The zero-order valence-corrected chi connectivity index (χ0v) is 18.2. The molecule has 5 amide bonds. The number of carbonyl (C=O) groups is 5. The number of piperidine rings is 1. The normalized spacial score (nSPS) is 21.5. The van der Waals surface area contributed by atoms with Gasteiger partial charge in [0.15, 0.2) is 0 Å². The number of nitrogens with one attached hydrogen (secondary N) is 3. The highest BCUT2D eigenvalue weighted by Gasteiger charge is 2.52. The second-order valence-corrected chi connectivity index (χ2v) is 9.39. The van der Waals surface area contributed by atoms with E-state index in [4.69, 9.17) is 4.74 Å². The Balaban J connectivity index is 1.48. The second kappa shape index (κ2) is 7.61. The van der Waals surface area contributed by atoms with Crippen LogP contribution in [0, 0.1) is 0 Å². The van der Waals surface area contributed by atoms with Gasteiger partial charge in [-0.05, 0) is 52.2 Å². The van der Waals surface area contributed by atoms with Crippen LogP contribution in [0.3, 0.4) is 0 Å². The average molecular weight is 442 g/mol. The van der Waals surface area contributed by atoms with Gasteiger partial charge in [-0.15, -0.1) is 0 Å². The predicted octanol–water partition coefficient (Wildman–Crippen LogP) is 1.44. The van der Waals surface area contributed by atoms with Crippen LogP contribution in [-0.2, 0) is 25.7 Å². The maximum atomic E-state index is 13.0. The van der Waals surface area contributed by atoms with Crippen LogP contribution in [0.2, 0.25) is 0 Å². The van der Waals surface area contributed by atoms with E-state index in [-0.39, 0.29) is 37.1 Å². The number of alkyl carbamates (subject to hydrolysis) is 1. The van der Waals surface area contributed by atoms with Crippen molar-refractivity contribution < 1.29 is 28.7 Å². The van der Waals surface area contributed by atoms with Crippen LogP contribution in [0.4, 0.5) is 10.5 Å². The molecule has 1 aromatic rings. The number of benzene rings is 1. The minimum atomic E-state index is -1.04. The highest BCUT2D eigenvalue weighted by molar-refractivity contribution is 6.08. The lowest BCUT2D eigenvalue weighted by molar-refractivity contribution is -0.137. The summed E-state index contributed by atoms with van der Waals surface area (Å²) in [4.78, 5) is 63.1. The summed E-state index contributed by atoms with van der Waals surface area (Å²) in [6.07, 6.45) is 0.722. The van der Waals surface area contributed by atoms with E-state index in [1.54, 1.807) is 39.0 Å². The monoisotopic (exact) mass is 442 g/mol. The van der Waals surface area contributed by atoms with Crippen molar-refractivity contribution in [1.29, 1.82) is 0 Å². The van der Waals surface area contributed by atoms with Crippen LogP contribution < -0.4 is 16.0 Å². The molecule has 4 rings (SSSR count).